The van der Waals surface area contributed by atoms with E-state index in [-0.39, 0.29) is 12.1 Å². The summed E-state index contributed by atoms with van der Waals surface area (Å²) in [5.74, 6) is 0.711. The first-order valence-electron chi connectivity index (χ1n) is 7.70. The van der Waals surface area contributed by atoms with Crippen LogP contribution < -0.4 is 15.4 Å². The third kappa shape index (κ3) is 5.32. The van der Waals surface area contributed by atoms with Gasteiger partial charge in [0.1, 0.15) is 12.4 Å². The molecule has 2 amide bonds. The van der Waals surface area contributed by atoms with Crippen LogP contribution in [0, 0.1) is 11.3 Å². The van der Waals surface area contributed by atoms with Crippen LogP contribution in [-0.2, 0) is 13.5 Å². The minimum absolute atomic E-state index is 0.118. The molecule has 1 heterocycles. The highest BCUT2D eigenvalue weighted by molar-refractivity contribution is 5.74. The fourth-order valence-electron chi connectivity index (χ4n) is 2.12. The number of amides is 2. The highest BCUT2D eigenvalue weighted by Gasteiger charge is 2.10. The first kappa shape index (κ1) is 17.3. The van der Waals surface area contributed by atoms with Crippen molar-refractivity contribution in [1.82, 2.24) is 20.4 Å². The van der Waals surface area contributed by atoms with Crippen LogP contribution in [-0.4, -0.2) is 29.0 Å². The van der Waals surface area contributed by atoms with Crippen molar-refractivity contribution >= 4 is 6.03 Å². The Balaban J connectivity index is 1.66. The van der Waals surface area contributed by atoms with Crippen LogP contribution in [0.3, 0.4) is 0 Å². The van der Waals surface area contributed by atoms with Gasteiger partial charge < -0.3 is 15.4 Å². The lowest BCUT2D eigenvalue weighted by Gasteiger charge is -2.13. The molecule has 126 valence electrons. The molecule has 0 saturated carbocycles. The van der Waals surface area contributed by atoms with Crippen molar-refractivity contribution in [3.05, 3.63) is 47.8 Å². The number of nitriles is 1. The second-order valence-electron chi connectivity index (χ2n) is 5.40. The number of urea groups is 1. The van der Waals surface area contributed by atoms with E-state index in [0.717, 1.165) is 11.1 Å². The molecule has 0 unspecified atom stereocenters. The zero-order valence-electron chi connectivity index (χ0n) is 13.8. The van der Waals surface area contributed by atoms with Crippen LogP contribution in [0.25, 0.3) is 0 Å². The van der Waals surface area contributed by atoms with Crippen molar-refractivity contribution in [2.45, 2.75) is 19.4 Å². The molecule has 0 fully saturated rings. The van der Waals surface area contributed by atoms with E-state index >= 15 is 0 Å². The molecular formula is C17H21N5O2. The van der Waals surface area contributed by atoms with Gasteiger partial charge >= 0.3 is 6.03 Å². The lowest BCUT2D eigenvalue weighted by Crippen LogP contribution is -2.38. The number of nitrogens with one attached hydrogen (secondary N) is 2. The number of aromatic nitrogens is 2. The standard InChI is InChI=1S/C17H21N5O2/c1-13(15-11-20-22(2)12-15)21-17(23)19-9-10-24-16-5-3-14(4-6-16)7-8-18/h3-6,11-13H,7,9-10H2,1-2H3,(H2,19,21,23)/t13-/m0/s1. The average Bonchev–Trinajstić information content (AvgIpc) is 3.00. The molecule has 1 aromatic carbocycles. The number of hydrogen-bond donors (Lipinski definition) is 2. The predicted octanol–water partition coefficient (Wildman–Crippen LogP) is 1.93. The van der Waals surface area contributed by atoms with Crippen molar-refractivity contribution in [1.29, 1.82) is 5.26 Å². The number of carbonyl (C=O) groups excluding carboxylic acids is 1. The molecule has 0 radical (unpaired) electrons. The SMILES string of the molecule is C[C@H](NC(=O)NCCOc1ccc(CC#N)cc1)c1cnn(C)c1. The van der Waals surface area contributed by atoms with Gasteiger partial charge in [-0.1, -0.05) is 12.1 Å². The van der Waals surface area contributed by atoms with Gasteiger partial charge in [-0.3, -0.25) is 4.68 Å². The summed E-state index contributed by atoms with van der Waals surface area (Å²) in [6.45, 7) is 2.66. The molecule has 1 atom stereocenters. The molecule has 0 saturated heterocycles. The molecule has 2 rings (SSSR count). The first-order valence-corrected chi connectivity index (χ1v) is 7.70. The molecule has 0 aliphatic carbocycles. The summed E-state index contributed by atoms with van der Waals surface area (Å²) in [4.78, 5) is 11.8. The van der Waals surface area contributed by atoms with Crippen molar-refractivity contribution in [2.75, 3.05) is 13.2 Å². The first-order chi connectivity index (χ1) is 11.6. The van der Waals surface area contributed by atoms with Gasteiger partial charge in [-0.05, 0) is 24.6 Å². The van der Waals surface area contributed by atoms with Crippen LogP contribution in [0.5, 0.6) is 5.75 Å². The van der Waals surface area contributed by atoms with E-state index < -0.39 is 0 Å². The normalized spacial score (nSPS) is 11.4. The maximum atomic E-state index is 11.8. The summed E-state index contributed by atoms with van der Waals surface area (Å²) >= 11 is 0. The van der Waals surface area contributed by atoms with E-state index in [1.807, 2.05) is 44.4 Å². The van der Waals surface area contributed by atoms with Crippen LogP contribution in [0.15, 0.2) is 36.7 Å². The average molecular weight is 327 g/mol. The van der Waals surface area contributed by atoms with Gasteiger partial charge in [0.25, 0.3) is 0 Å². The monoisotopic (exact) mass is 327 g/mol. The molecule has 0 bridgehead atoms. The second kappa shape index (κ2) is 8.58. The number of ether oxygens (including phenoxy) is 1. The van der Waals surface area contributed by atoms with E-state index in [1.165, 1.54) is 0 Å². The van der Waals surface area contributed by atoms with Crippen LogP contribution >= 0.6 is 0 Å². The predicted molar refractivity (Wildman–Crippen MR) is 89.4 cm³/mol. The summed E-state index contributed by atoms with van der Waals surface area (Å²) in [5.41, 5.74) is 1.90. The Morgan fingerprint density at radius 1 is 1.42 bits per heavy atom. The van der Waals surface area contributed by atoms with Crippen molar-refractivity contribution < 1.29 is 9.53 Å². The Bertz CT molecular complexity index is 703. The zero-order valence-corrected chi connectivity index (χ0v) is 13.8. The number of benzene rings is 1. The molecule has 1 aromatic heterocycles. The number of hydrogen-bond acceptors (Lipinski definition) is 4. The molecule has 24 heavy (non-hydrogen) atoms. The quantitative estimate of drug-likeness (QED) is 0.760. The molecule has 0 aliphatic heterocycles. The van der Waals surface area contributed by atoms with E-state index in [0.29, 0.717) is 25.3 Å². The summed E-state index contributed by atoms with van der Waals surface area (Å²) < 4.78 is 7.24. The number of rotatable bonds is 7. The number of carbonyl (C=O) groups is 1. The summed E-state index contributed by atoms with van der Waals surface area (Å²) in [6.07, 6.45) is 3.98. The smallest absolute Gasteiger partial charge is 0.315 e. The van der Waals surface area contributed by atoms with Gasteiger partial charge in [-0.25, -0.2) is 4.79 Å². The van der Waals surface area contributed by atoms with Gasteiger partial charge in [-0.2, -0.15) is 10.4 Å². The Morgan fingerprint density at radius 3 is 2.79 bits per heavy atom. The lowest BCUT2D eigenvalue weighted by molar-refractivity contribution is 0.233. The summed E-state index contributed by atoms with van der Waals surface area (Å²) in [6, 6.07) is 9.07. The number of nitrogens with zero attached hydrogens (tertiary/aromatic N) is 3. The summed E-state index contributed by atoms with van der Waals surface area (Å²) in [5, 5.41) is 18.3. The molecule has 0 spiro atoms. The maximum absolute atomic E-state index is 11.8. The molecular weight excluding hydrogens is 306 g/mol. The minimum Gasteiger partial charge on any atom is -0.492 e. The van der Waals surface area contributed by atoms with E-state index in [1.54, 1.807) is 10.9 Å². The highest BCUT2D eigenvalue weighted by atomic mass is 16.5. The third-order valence-corrected chi connectivity index (χ3v) is 3.44. The van der Waals surface area contributed by atoms with Crippen LogP contribution in [0.1, 0.15) is 24.1 Å². The maximum Gasteiger partial charge on any atom is 0.315 e. The van der Waals surface area contributed by atoms with Gasteiger partial charge in [0.05, 0.1) is 31.3 Å². The minimum atomic E-state index is -0.251. The number of aryl methyl sites for hydroxylation is 1. The van der Waals surface area contributed by atoms with Crippen molar-refractivity contribution in [3.63, 3.8) is 0 Å². The Hall–Kier alpha value is -3.01. The van der Waals surface area contributed by atoms with Gasteiger partial charge in [-0.15, -0.1) is 0 Å². The molecule has 0 aliphatic rings. The molecule has 2 aromatic rings. The third-order valence-electron chi connectivity index (χ3n) is 3.44. The van der Waals surface area contributed by atoms with Gasteiger partial charge in [0.15, 0.2) is 0 Å². The molecule has 2 N–H and O–H groups in total. The van der Waals surface area contributed by atoms with E-state index in [4.69, 9.17) is 10.00 Å². The van der Waals surface area contributed by atoms with Gasteiger partial charge in [0, 0.05) is 18.8 Å². The summed E-state index contributed by atoms with van der Waals surface area (Å²) in [7, 11) is 1.83. The Kier molecular flexibility index (Phi) is 6.20. The fourth-order valence-corrected chi connectivity index (χ4v) is 2.12. The van der Waals surface area contributed by atoms with Crippen molar-refractivity contribution in [3.8, 4) is 11.8 Å². The zero-order chi connectivity index (χ0) is 17.4. The van der Waals surface area contributed by atoms with E-state index in [9.17, 15) is 4.79 Å². The van der Waals surface area contributed by atoms with Crippen LogP contribution in [0.2, 0.25) is 0 Å². The lowest BCUT2D eigenvalue weighted by atomic mass is 10.2. The fraction of sp³-hybridized carbons (Fsp3) is 0.353. The van der Waals surface area contributed by atoms with Crippen LogP contribution in [0.4, 0.5) is 4.79 Å². The largest absolute Gasteiger partial charge is 0.492 e. The Morgan fingerprint density at radius 2 is 2.17 bits per heavy atom. The second-order valence-corrected chi connectivity index (χ2v) is 5.40. The molecule has 7 heteroatoms. The molecule has 7 nitrogen and oxygen atoms in total. The Labute approximate surface area is 141 Å². The van der Waals surface area contributed by atoms with Crippen molar-refractivity contribution in [2.24, 2.45) is 7.05 Å². The van der Waals surface area contributed by atoms with Gasteiger partial charge in [0.2, 0.25) is 0 Å². The highest BCUT2D eigenvalue weighted by Crippen LogP contribution is 2.12. The topological polar surface area (TPSA) is 92.0 Å². The van der Waals surface area contributed by atoms with E-state index in [2.05, 4.69) is 21.8 Å².